The van der Waals surface area contributed by atoms with Crippen molar-refractivity contribution in [1.29, 1.82) is 0 Å². The van der Waals surface area contributed by atoms with Crippen LogP contribution in [0.2, 0.25) is 0 Å². The first-order valence-corrected chi connectivity index (χ1v) is 7.23. The molecule has 0 saturated carbocycles. The van der Waals surface area contributed by atoms with E-state index in [-0.39, 0.29) is 29.0 Å². The summed E-state index contributed by atoms with van der Waals surface area (Å²) < 4.78 is 0.133. The maximum absolute atomic E-state index is 12.0. The number of carbonyl (C=O) groups excluding carboxylic acids is 1. The molecule has 102 valence electrons. The molecule has 5 heteroatoms. The van der Waals surface area contributed by atoms with Crippen molar-refractivity contribution in [3.63, 3.8) is 0 Å². The number of piperidine rings is 1. The second-order valence-electron chi connectivity index (χ2n) is 5.26. The Bertz CT molecular complexity index is 249. The summed E-state index contributed by atoms with van der Waals surface area (Å²) in [6, 6.07) is 0.470. The predicted molar refractivity (Wildman–Crippen MR) is 78.0 cm³/mol. The molecule has 2 N–H and O–H groups in total. The number of hydrogen-bond donors (Lipinski definition) is 2. The highest BCUT2D eigenvalue weighted by Crippen LogP contribution is 2.21. The first-order valence-electron chi connectivity index (χ1n) is 6.01. The Morgan fingerprint density at radius 2 is 2.18 bits per heavy atom. The Morgan fingerprint density at radius 1 is 1.53 bits per heavy atom. The second-order valence-corrected chi connectivity index (χ2v) is 6.77. The molecule has 1 aliphatic heterocycles. The van der Waals surface area contributed by atoms with Gasteiger partial charge in [-0.05, 0) is 46.4 Å². The van der Waals surface area contributed by atoms with Crippen LogP contribution in [0.25, 0.3) is 0 Å². The van der Waals surface area contributed by atoms with E-state index in [1.54, 1.807) is 11.8 Å². The number of nitrogens with one attached hydrogen (secondary N) is 2. The van der Waals surface area contributed by atoms with Crippen LogP contribution in [-0.4, -0.2) is 36.0 Å². The van der Waals surface area contributed by atoms with Gasteiger partial charge in [-0.25, -0.2) is 0 Å². The van der Waals surface area contributed by atoms with Gasteiger partial charge in [0.15, 0.2) is 0 Å². The van der Waals surface area contributed by atoms with Crippen LogP contribution < -0.4 is 10.6 Å². The fourth-order valence-electron chi connectivity index (χ4n) is 1.89. The minimum Gasteiger partial charge on any atom is -0.354 e. The van der Waals surface area contributed by atoms with Crippen molar-refractivity contribution < 1.29 is 4.79 Å². The van der Waals surface area contributed by atoms with Crippen molar-refractivity contribution in [2.45, 2.75) is 44.4 Å². The van der Waals surface area contributed by atoms with Gasteiger partial charge in [0.25, 0.3) is 0 Å². The highest BCUT2D eigenvalue weighted by Gasteiger charge is 2.26. The number of amides is 1. The Morgan fingerprint density at radius 3 is 2.71 bits per heavy atom. The summed E-state index contributed by atoms with van der Waals surface area (Å²) in [7, 11) is 0. The number of thioether (sulfide) groups is 1. The zero-order valence-corrected chi connectivity index (χ0v) is 12.8. The van der Waals surface area contributed by atoms with E-state index < -0.39 is 0 Å². The van der Waals surface area contributed by atoms with Crippen LogP contribution in [0.4, 0.5) is 0 Å². The standard InChI is InChI=1S/C12H24N2OS.ClH/c1-9-7-10(5-6-13-9)11(15)14-8-12(2,3)16-4;/h9-10,13H,5-8H2,1-4H3,(H,14,15);1H/t9-,10-;/m0./s1. The lowest BCUT2D eigenvalue weighted by atomic mass is 9.92. The molecule has 0 radical (unpaired) electrons. The summed E-state index contributed by atoms with van der Waals surface area (Å²) in [5.41, 5.74) is 0. The van der Waals surface area contributed by atoms with E-state index >= 15 is 0 Å². The van der Waals surface area contributed by atoms with Crippen molar-refractivity contribution >= 4 is 30.1 Å². The summed E-state index contributed by atoms with van der Waals surface area (Å²) in [6.07, 6.45) is 4.01. The van der Waals surface area contributed by atoms with Gasteiger partial charge in [-0.2, -0.15) is 11.8 Å². The zero-order valence-electron chi connectivity index (χ0n) is 11.2. The summed E-state index contributed by atoms with van der Waals surface area (Å²) >= 11 is 1.79. The lowest BCUT2D eigenvalue weighted by Gasteiger charge is -2.29. The number of rotatable bonds is 4. The first kappa shape index (κ1) is 17.1. The van der Waals surface area contributed by atoms with Gasteiger partial charge in [-0.3, -0.25) is 4.79 Å². The van der Waals surface area contributed by atoms with Gasteiger partial charge < -0.3 is 10.6 Å². The normalized spacial score (nSPS) is 24.9. The zero-order chi connectivity index (χ0) is 12.2. The maximum Gasteiger partial charge on any atom is 0.223 e. The molecule has 17 heavy (non-hydrogen) atoms. The molecule has 1 amide bonds. The van der Waals surface area contributed by atoms with Gasteiger partial charge >= 0.3 is 0 Å². The quantitative estimate of drug-likeness (QED) is 0.828. The molecule has 1 rings (SSSR count). The third-order valence-corrected chi connectivity index (χ3v) is 4.48. The molecule has 0 bridgehead atoms. The molecular formula is C12H25ClN2OS. The Balaban J connectivity index is 0.00000256. The molecule has 1 heterocycles. The summed E-state index contributed by atoms with van der Waals surface area (Å²) in [4.78, 5) is 12.0. The van der Waals surface area contributed by atoms with E-state index in [4.69, 9.17) is 0 Å². The van der Waals surface area contributed by atoms with Gasteiger partial charge in [0, 0.05) is 23.3 Å². The largest absolute Gasteiger partial charge is 0.354 e. The summed E-state index contributed by atoms with van der Waals surface area (Å²) in [6.45, 7) is 8.17. The summed E-state index contributed by atoms with van der Waals surface area (Å²) in [5, 5.41) is 6.44. The van der Waals surface area contributed by atoms with Gasteiger partial charge in [0.1, 0.15) is 0 Å². The number of hydrogen-bond acceptors (Lipinski definition) is 3. The molecular weight excluding hydrogens is 256 g/mol. The van der Waals surface area contributed by atoms with Gasteiger partial charge in [0.2, 0.25) is 5.91 Å². The molecule has 0 unspecified atom stereocenters. The van der Waals surface area contributed by atoms with E-state index in [0.29, 0.717) is 6.04 Å². The van der Waals surface area contributed by atoms with E-state index in [2.05, 4.69) is 37.7 Å². The molecule has 0 aromatic carbocycles. The van der Waals surface area contributed by atoms with Crippen LogP contribution in [0.1, 0.15) is 33.6 Å². The lowest BCUT2D eigenvalue weighted by molar-refractivity contribution is -0.126. The Labute approximate surface area is 115 Å². The minimum atomic E-state index is 0. The molecule has 0 spiro atoms. The van der Waals surface area contributed by atoms with Crippen LogP contribution in [0.3, 0.4) is 0 Å². The highest BCUT2D eigenvalue weighted by molar-refractivity contribution is 7.99. The van der Waals surface area contributed by atoms with Crippen molar-refractivity contribution in [2.75, 3.05) is 19.3 Å². The van der Waals surface area contributed by atoms with E-state index in [9.17, 15) is 4.79 Å². The smallest absolute Gasteiger partial charge is 0.223 e. The fraction of sp³-hybridized carbons (Fsp3) is 0.917. The van der Waals surface area contributed by atoms with E-state index in [1.807, 2.05) is 0 Å². The average Bonchev–Trinajstić information content (AvgIpc) is 2.26. The van der Waals surface area contributed by atoms with Crippen LogP contribution in [-0.2, 0) is 4.79 Å². The topological polar surface area (TPSA) is 41.1 Å². The van der Waals surface area contributed by atoms with Gasteiger partial charge in [0.05, 0.1) is 0 Å². The first-order chi connectivity index (χ1) is 7.44. The number of halogens is 1. The third kappa shape index (κ3) is 5.98. The minimum absolute atomic E-state index is 0. The van der Waals surface area contributed by atoms with E-state index in [1.165, 1.54) is 0 Å². The van der Waals surface area contributed by atoms with Crippen molar-refractivity contribution in [2.24, 2.45) is 5.92 Å². The Kier molecular flexibility index (Phi) is 7.52. The predicted octanol–water partition coefficient (Wildman–Crippen LogP) is 2.05. The molecule has 1 saturated heterocycles. The van der Waals surface area contributed by atoms with Gasteiger partial charge in [-0.1, -0.05) is 0 Å². The molecule has 1 aliphatic rings. The molecule has 2 atom stereocenters. The average molecular weight is 281 g/mol. The SMILES string of the molecule is CSC(C)(C)CNC(=O)[C@H]1CCN[C@@H](C)C1.Cl. The lowest BCUT2D eigenvalue weighted by Crippen LogP contribution is -2.45. The molecule has 0 aromatic rings. The molecule has 0 aromatic heterocycles. The molecule has 3 nitrogen and oxygen atoms in total. The van der Waals surface area contributed by atoms with Gasteiger partial charge in [-0.15, -0.1) is 12.4 Å². The highest BCUT2D eigenvalue weighted by atomic mass is 35.5. The van der Waals surface area contributed by atoms with Crippen LogP contribution in [0.5, 0.6) is 0 Å². The molecule has 1 fully saturated rings. The van der Waals surface area contributed by atoms with Crippen LogP contribution in [0, 0.1) is 5.92 Å². The number of carbonyl (C=O) groups is 1. The molecule has 0 aliphatic carbocycles. The monoisotopic (exact) mass is 280 g/mol. The van der Waals surface area contributed by atoms with Crippen molar-refractivity contribution in [1.82, 2.24) is 10.6 Å². The second kappa shape index (κ2) is 7.49. The maximum atomic E-state index is 12.0. The Hall–Kier alpha value is 0.0700. The third-order valence-electron chi connectivity index (χ3n) is 3.24. The van der Waals surface area contributed by atoms with Crippen LogP contribution in [0.15, 0.2) is 0 Å². The summed E-state index contributed by atoms with van der Waals surface area (Å²) in [5.74, 6) is 0.435. The van der Waals surface area contributed by atoms with Crippen molar-refractivity contribution in [3.05, 3.63) is 0 Å². The van der Waals surface area contributed by atoms with Crippen LogP contribution >= 0.6 is 24.2 Å². The van der Waals surface area contributed by atoms with Crippen molar-refractivity contribution in [3.8, 4) is 0 Å². The fourth-order valence-corrected chi connectivity index (χ4v) is 2.10. The van der Waals surface area contributed by atoms with E-state index in [0.717, 1.165) is 25.9 Å².